The van der Waals surface area contributed by atoms with Gasteiger partial charge in [0.25, 0.3) is 0 Å². The summed E-state index contributed by atoms with van der Waals surface area (Å²) in [6.45, 7) is -0.231. The van der Waals surface area contributed by atoms with Gasteiger partial charge in [0.1, 0.15) is 12.2 Å². The highest BCUT2D eigenvalue weighted by Gasteiger charge is 2.41. The van der Waals surface area contributed by atoms with Crippen LogP contribution in [0, 0.1) is 3.57 Å². The van der Waals surface area contributed by atoms with Crippen LogP contribution >= 0.6 is 22.6 Å². The van der Waals surface area contributed by atoms with Crippen molar-refractivity contribution in [3.8, 4) is 11.5 Å². The maximum absolute atomic E-state index is 13.8. The molecule has 4 rings (SSSR count). The average Bonchev–Trinajstić information content (AvgIpc) is 3.50. The summed E-state index contributed by atoms with van der Waals surface area (Å²) >= 11 is 2.05. The van der Waals surface area contributed by atoms with Gasteiger partial charge in [0.2, 0.25) is 11.8 Å². The number of nitrogens with one attached hydrogen (secondary N) is 1. The normalized spacial score (nSPS) is 18.4. The van der Waals surface area contributed by atoms with Crippen LogP contribution in [0.3, 0.4) is 0 Å². The SMILES string of the molecule is COc1cc(CO)cc(I)c1OC1C=C(C(=O)NCCO)CC(N(Cc2ccoc2)C(=O)Cc2ccccc2)C1O. The molecule has 10 nitrogen and oxygen atoms in total. The first kappa shape index (κ1) is 30.6. The molecule has 0 aliphatic heterocycles. The number of methoxy groups -OCH3 is 1. The van der Waals surface area contributed by atoms with Crippen molar-refractivity contribution in [3.05, 3.63) is 93.0 Å². The number of aliphatic hydroxyl groups is 3. The first-order chi connectivity index (χ1) is 19.8. The first-order valence-electron chi connectivity index (χ1n) is 13.1. The Kier molecular flexibility index (Phi) is 10.8. The second-order valence-electron chi connectivity index (χ2n) is 9.60. The van der Waals surface area contributed by atoms with Crippen molar-refractivity contribution in [3.63, 3.8) is 0 Å². The van der Waals surface area contributed by atoms with Crippen molar-refractivity contribution in [2.45, 2.75) is 44.2 Å². The number of nitrogens with zero attached hydrogens (tertiary/aromatic N) is 1. The van der Waals surface area contributed by atoms with Gasteiger partial charge in [-0.05, 0) is 58.0 Å². The molecule has 1 aliphatic carbocycles. The van der Waals surface area contributed by atoms with Crippen molar-refractivity contribution in [1.29, 1.82) is 0 Å². The molecule has 3 unspecified atom stereocenters. The van der Waals surface area contributed by atoms with E-state index in [-0.39, 0.29) is 45.1 Å². The van der Waals surface area contributed by atoms with Crippen LogP contribution in [0.15, 0.2) is 77.1 Å². The van der Waals surface area contributed by atoms with E-state index >= 15 is 0 Å². The van der Waals surface area contributed by atoms with Gasteiger partial charge in [-0.2, -0.15) is 0 Å². The number of hydrogen-bond donors (Lipinski definition) is 4. The van der Waals surface area contributed by atoms with Gasteiger partial charge in [-0.3, -0.25) is 9.59 Å². The molecule has 3 aromatic rings. The lowest BCUT2D eigenvalue weighted by atomic mass is 9.87. The van der Waals surface area contributed by atoms with E-state index in [2.05, 4.69) is 27.9 Å². The molecule has 0 radical (unpaired) electrons. The quantitative estimate of drug-likeness (QED) is 0.215. The summed E-state index contributed by atoms with van der Waals surface area (Å²) in [6, 6.07) is 13.6. The Balaban J connectivity index is 1.71. The van der Waals surface area contributed by atoms with E-state index < -0.39 is 24.2 Å². The molecule has 1 aromatic heterocycles. The summed E-state index contributed by atoms with van der Waals surface area (Å²) in [5, 5.41) is 33.2. The Labute approximate surface area is 251 Å². The highest BCUT2D eigenvalue weighted by molar-refractivity contribution is 14.1. The maximum atomic E-state index is 13.8. The third-order valence-electron chi connectivity index (χ3n) is 6.79. The molecule has 0 fully saturated rings. The van der Waals surface area contributed by atoms with Crippen LogP contribution in [0.25, 0.3) is 0 Å². The molecule has 2 aromatic carbocycles. The van der Waals surface area contributed by atoms with Gasteiger partial charge < -0.3 is 39.4 Å². The van der Waals surface area contributed by atoms with Crippen LogP contribution in [-0.4, -0.2) is 70.5 Å². The van der Waals surface area contributed by atoms with Gasteiger partial charge in [-0.25, -0.2) is 0 Å². The molecule has 4 N–H and O–H groups in total. The zero-order valence-corrected chi connectivity index (χ0v) is 24.7. The minimum atomic E-state index is -1.21. The fourth-order valence-corrected chi connectivity index (χ4v) is 5.53. The number of carbonyl (C=O) groups is 2. The molecule has 0 saturated carbocycles. The van der Waals surface area contributed by atoms with E-state index in [1.807, 2.05) is 30.3 Å². The first-order valence-corrected chi connectivity index (χ1v) is 14.2. The topological polar surface area (TPSA) is 142 Å². The molecule has 3 atom stereocenters. The van der Waals surface area contributed by atoms with Crippen LogP contribution < -0.4 is 14.8 Å². The van der Waals surface area contributed by atoms with E-state index in [0.29, 0.717) is 26.2 Å². The largest absolute Gasteiger partial charge is 0.493 e. The van der Waals surface area contributed by atoms with E-state index in [4.69, 9.17) is 13.9 Å². The van der Waals surface area contributed by atoms with Gasteiger partial charge >= 0.3 is 0 Å². The Morgan fingerprint density at radius 2 is 1.90 bits per heavy atom. The zero-order chi connectivity index (χ0) is 29.4. The monoisotopic (exact) mass is 676 g/mol. The molecule has 0 spiro atoms. The van der Waals surface area contributed by atoms with Gasteiger partial charge in [0, 0.05) is 30.6 Å². The summed E-state index contributed by atoms with van der Waals surface area (Å²) in [5.41, 5.74) is 2.47. The predicted octanol–water partition coefficient (Wildman–Crippen LogP) is 2.57. The third-order valence-corrected chi connectivity index (χ3v) is 7.59. The number of hydrogen-bond acceptors (Lipinski definition) is 8. The number of furan rings is 1. The van der Waals surface area contributed by atoms with Crippen molar-refractivity contribution in [2.24, 2.45) is 0 Å². The highest BCUT2D eigenvalue weighted by Crippen LogP contribution is 2.37. The number of ether oxygens (including phenoxy) is 2. The van der Waals surface area contributed by atoms with Gasteiger partial charge in [0.15, 0.2) is 11.5 Å². The second kappa shape index (κ2) is 14.5. The highest BCUT2D eigenvalue weighted by atomic mass is 127. The van der Waals surface area contributed by atoms with Gasteiger partial charge in [-0.1, -0.05) is 30.3 Å². The van der Waals surface area contributed by atoms with Crippen LogP contribution in [-0.2, 0) is 29.2 Å². The average molecular weight is 677 g/mol. The second-order valence-corrected chi connectivity index (χ2v) is 10.8. The summed E-state index contributed by atoms with van der Waals surface area (Å²) in [6.07, 6.45) is 2.51. The molecular weight excluding hydrogens is 643 g/mol. The van der Waals surface area contributed by atoms with Crippen molar-refractivity contribution < 1.29 is 38.8 Å². The Morgan fingerprint density at radius 1 is 1.12 bits per heavy atom. The van der Waals surface area contributed by atoms with Crippen molar-refractivity contribution >= 4 is 34.4 Å². The maximum Gasteiger partial charge on any atom is 0.247 e. The zero-order valence-electron chi connectivity index (χ0n) is 22.5. The van der Waals surface area contributed by atoms with Gasteiger partial charge in [-0.15, -0.1) is 0 Å². The Bertz CT molecular complexity index is 1350. The summed E-state index contributed by atoms with van der Waals surface area (Å²) in [7, 11) is 1.47. The number of rotatable bonds is 12. The number of amides is 2. The van der Waals surface area contributed by atoms with E-state index in [1.165, 1.54) is 19.6 Å². The molecule has 0 saturated heterocycles. The van der Waals surface area contributed by atoms with Crippen molar-refractivity contribution in [1.82, 2.24) is 10.2 Å². The molecule has 0 bridgehead atoms. The lowest BCUT2D eigenvalue weighted by Gasteiger charge is -2.40. The Hall–Kier alpha value is -3.39. The molecule has 2 amide bonds. The summed E-state index contributed by atoms with van der Waals surface area (Å²) < 4.78 is 17.7. The van der Waals surface area contributed by atoms with Gasteiger partial charge in [0.05, 0.1) is 48.9 Å². The van der Waals surface area contributed by atoms with Crippen LogP contribution in [0.1, 0.15) is 23.1 Å². The van der Waals surface area contributed by atoms with E-state index in [9.17, 15) is 24.9 Å². The van der Waals surface area contributed by atoms with E-state index in [0.717, 1.165) is 11.1 Å². The van der Waals surface area contributed by atoms with Crippen LogP contribution in [0.2, 0.25) is 0 Å². The lowest BCUT2D eigenvalue weighted by molar-refractivity contribution is -0.138. The van der Waals surface area contributed by atoms with Crippen LogP contribution in [0.4, 0.5) is 0 Å². The molecule has 41 heavy (non-hydrogen) atoms. The molecular formula is C30H33IN2O8. The lowest BCUT2D eigenvalue weighted by Crippen LogP contribution is -2.55. The third kappa shape index (κ3) is 7.67. The Morgan fingerprint density at radius 3 is 2.56 bits per heavy atom. The number of carbonyl (C=O) groups excluding carboxylic acids is 2. The summed E-state index contributed by atoms with van der Waals surface area (Å²) in [4.78, 5) is 28.4. The van der Waals surface area contributed by atoms with E-state index in [1.54, 1.807) is 29.2 Å². The van der Waals surface area contributed by atoms with Crippen molar-refractivity contribution in [2.75, 3.05) is 20.3 Å². The molecule has 11 heteroatoms. The molecule has 218 valence electrons. The molecule has 1 heterocycles. The fraction of sp³-hybridized carbons (Fsp3) is 0.333. The number of halogens is 1. The minimum Gasteiger partial charge on any atom is -0.493 e. The smallest absolute Gasteiger partial charge is 0.247 e. The predicted molar refractivity (Wildman–Crippen MR) is 158 cm³/mol. The number of aliphatic hydroxyl groups excluding tert-OH is 3. The molecule has 1 aliphatic rings. The number of benzene rings is 2. The minimum absolute atomic E-state index is 0.0505. The van der Waals surface area contributed by atoms with Crippen LogP contribution in [0.5, 0.6) is 11.5 Å². The standard InChI is InChI=1S/C30H33IN2O8/c1-39-26-12-21(17-35)11-23(31)29(26)41-25-15-22(30(38)32-8-9-34)14-24(28(25)37)33(16-20-7-10-40-18-20)27(36)13-19-5-3-2-4-6-19/h2-7,10-12,15,18,24-25,28,34-35,37H,8-9,13-14,16-17H2,1H3,(H,32,38). The fourth-order valence-electron chi connectivity index (χ4n) is 4.74. The summed E-state index contributed by atoms with van der Waals surface area (Å²) in [5.74, 6) is 0.0148.